The van der Waals surface area contributed by atoms with E-state index < -0.39 is 0 Å². The van der Waals surface area contributed by atoms with Crippen LogP contribution in [0.4, 0.5) is 5.95 Å². The molecule has 1 amide bonds. The normalized spacial score (nSPS) is 14.2. The fraction of sp³-hybridized carbons (Fsp3) is 0.333. The molecule has 0 bridgehead atoms. The van der Waals surface area contributed by atoms with Gasteiger partial charge in [0.25, 0.3) is 11.5 Å². The Morgan fingerprint density at radius 3 is 2.74 bits per heavy atom. The molecule has 1 N–H and O–H groups in total. The van der Waals surface area contributed by atoms with Gasteiger partial charge in [0.2, 0.25) is 5.95 Å². The van der Waals surface area contributed by atoms with Crippen molar-refractivity contribution in [2.75, 3.05) is 5.32 Å². The number of amides is 1. The summed E-state index contributed by atoms with van der Waals surface area (Å²) in [5, 5.41) is 3.49. The first-order valence-electron chi connectivity index (χ1n) is 11.0. The van der Waals surface area contributed by atoms with Crippen LogP contribution in [0.1, 0.15) is 48.8 Å². The summed E-state index contributed by atoms with van der Waals surface area (Å²) in [6, 6.07) is 12.9. The molecule has 0 atom stereocenters. The lowest BCUT2D eigenvalue weighted by atomic mass is 10.1. The van der Waals surface area contributed by atoms with Crippen molar-refractivity contribution in [1.82, 2.24) is 19.1 Å². The Bertz CT molecular complexity index is 1350. The van der Waals surface area contributed by atoms with Crippen molar-refractivity contribution in [2.24, 2.45) is 0 Å². The number of carbonyl (C=O) groups is 1. The SMILES string of the molecule is CCn1c(NC(=O)c2ccc3c(=O)n4c(nc3c2)CCCCCC4)nc2ccccc21. The number of imidazole rings is 1. The van der Waals surface area contributed by atoms with Gasteiger partial charge in [-0.3, -0.25) is 19.5 Å². The molecule has 0 unspecified atom stereocenters. The second-order valence-electron chi connectivity index (χ2n) is 8.00. The molecule has 2 aromatic heterocycles. The number of para-hydroxylation sites is 2. The zero-order valence-electron chi connectivity index (χ0n) is 17.6. The number of rotatable bonds is 3. The number of fused-ring (bicyclic) bond motifs is 3. The smallest absolute Gasteiger partial charge is 0.261 e. The highest BCUT2D eigenvalue weighted by molar-refractivity contribution is 6.05. The van der Waals surface area contributed by atoms with Gasteiger partial charge in [0, 0.05) is 25.1 Å². The average Bonchev–Trinajstić information content (AvgIpc) is 3.11. The maximum Gasteiger partial charge on any atom is 0.261 e. The summed E-state index contributed by atoms with van der Waals surface area (Å²) in [5.74, 6) is 1.07. The number of benzene rings is 2. The minimum atomic E-state index is -0.263. The largest absolute Gasteiger partial charge is 0.310 e. The van der Waals surface area contributed by atoms with Crippen LogP contribution in [0, 0.1) is 0 Å². The van der Waals surface area contributed by atoms with Gasteiger partial charge in [-0.25, -0.2) is 9.97 Å². The Hall–Kier alpha value is -3.48. The van der Waals surface area contributed by atoms with E-state index in [-0.39, 0.29) is 11.5 Å². The van der Waals surface area contributed by atoms with Crippen molar-refractivity contribution >= 4 is 33.8 Å². The summed E-state index contributed by atoms with van der Waals surface area (Å²) in [6.45, 7) is 3.43. The van der Waals surface area contributed by atoms with Gasteiger partial charge in [-0.05, 0) is 50.1 Å². The van der Waals surface area contributed by atoms with E-state index in [0.29, 0.717) is 35.5 Å². The fourth-order valence-corrected chi connectivity index (χ4v) is 4.40. The van der Waals surface area contributed by atoms with Gasteiger partial charge in [-0.15, -0.1) is 0 Å². The third-order valence-corrected chi connectivity index (χ3v) is 6.02. The van der Waals surface area contributed by atoms with E-state index in [1.54, 1.807) is 18.2 Å². The number of hydrogen-bond donors (Lipinski definition) is 1. The van der Waals surface area contributed by atoms with Crippen LogP contribution in [0.2, 0.25) is 0 Å². The van der Waals surface area contributed by atoms with Crippen LogP contribution in [0.5, 0.6) is 0 Å². The number of carbonyl (C=O) groups excluding carboxylic acids is 1. The van der Waals surface area contributed by atoms with Crippen LogP contribution in [-0.2, 0) is 19.5 Å². The van der Waals surface area contributed by atoms with E-state index in [9.17, 15) is 9.59 Å². The third-order valence-electron chi connectivity index (χ3n) is 6.02. The Balaban J connectivity index is 1.51. The lowest BCUT2D eigenvalue weighted by molar-refractivity contribution is 0.102. The van der Waals surface area contributed by atoms with Gasteiger partial charge in [0.15, 0.2) is 0 Å². The molecule has 0 aliphatic carbocycles. The molecule has 7 heteroatoms. The lowest BCUT2D eigenvalue weighted by Gasteiger charge is -2.16. The highest BCUT2D eigenvalue weighted by atomic mass is 16.2. The summed E-state index contributed by atoms with van der Waals surface area (Å²) >= 11 is 0. The van der Waals surface area contributed by atoms with Crippen molar-refractivity contribution in [3.05, 3.63) is 64.2 Å². The van der Waals surface area contributed by atoms with E-state index in [2.05, 4.69) is 10.3 Å². The molecule has 0 saturated heterocycles. The standard InChI is InChI=1S/C24H25N5O2/c1-2-28-20-10-7-6-9-18(20)26-24(28)27-22(30)16-12-13-17-19(15-16)25-21-11-5-3-4-8-14-29(21)23(17)31/h6-7,9-10,12-13,15H,2-5,8,11,14H2,1H3,(H,26,27,30). The van der Waals surface area contributed by atoms with Gasteiger partial charge in [0.1, 0.15) is 5.82 Å². The second kappa shape index (κ2) is 7.98. The second-order valence-corrected chi connectivity index (χ2v) is 8.00. The molecule has 0 radical (unpaired) electrons. The topological polar surface area (TPSA) is 81.8 Å². The lowest BCUT2D eigenvalue weighted by Crippen LogP contribution is -2.26. The van der Waals surface area contributed by atoms with Crippen molar-refractivity contribution in [3.63, 3.8) is 0 Å². The monoisotopic (exact) mass is 415 g/mol. The summed E-state index contributed by atoms with van der Waals surface area (Å²) < 4.78 is 3.78. The first-order chi connectivity index (χ1) is 15.2. The highest BCUT2D eigenvalue weighted by Gasteiger charge is 2.17. The van der Waals surface area contributed by atoms with Gasteiger partial charge in [-0.2, -0.15) is 0 Å². The van der Waals surface area contributed by atoms with E-state index in [1.165, 1.54) is 0 Å². The Kier molecular flexibility index (Phi) is 5.02. The Morgan fingerprint density at radius 1 is 1.03 bits per heavy atom. The van der Waals surface area contributed by atoms with Crippen LogP contribution in [-0.4, -0.2) is 25.0 Å². The first-order valence-corrected chi connectivity index (χ1v) is 11.0. The van der Waals surface area contributed by atoms with Crippen LogP contribution in [0.25, 0.3) is 21.9 Å². The Labute approximate surface area is 179 Å². The molecule has 31 heavy (non-hydrogen) atoms. The van der Waals surface area contributed by atoms with Crippen molar-refractivity contribution in [2.45, 2.75) is 52.1 Å². The summed E-state index contributed by atoms with van der Waals surface area (Å²) in [6.07, 6.45) is 5.13. The molecular weight excluding hydrogens is 390 g/mol. The van der Waals surface area contributed by atoms with Gasteiger partial charge >= 0.3 is 0 Å². The minimum absolute atomic E-state index is 0.0124. The van der Waals surface area contributed by atoms with E-state index in [0.717, 1.165) is 49.0 Å². The Morgan fingerprint density at radius 2 is 1.87 bits per heavy atom. The number of hydrogen-bond acceptors (Lipinski definition) is 4. The van der Waals surface area contributed by atoms with Crippen molar-refractivity contribution in [1.29, 1.82) is 0 Å². The molecule has 3 heterocycles. The van der Waals surface area contributed by atoms with Gasteiger partial charge in [-0.1, -0.05) is 25.0 Å². The van der Waals surface area contributed by atoms with Gasteiger partial charge in [0.05, 0.1) is 21.9 Å². The zero-order valence-corrected chi connectivity index (χ0v) is 17.6. The van der Waals surface area contributed by atoms with Crippen molar-refractivity contribution in [3.8, 4) is 0 Å². The molecule has 1 aliphatic heterocycles. The average molecular weight is 415 g/mol. The molecule has 158 valence electrons. The summed E-state index contributed by atoms with van der Waals surface area (Å²) in [7, 11) is 0. The van der Waals surface area contributed by atoms with Crippen LogP contribution < -0.4 is 10.9 Å². The quantitative estimate of drug-likeness (QED) is 0.545. The highest BCUT2D eigenvalue weighted by Crippen LogP contribution is 2.21. The molecule has 1 aliphatic rings. The number of nitrogens with zero attached hydrogens (tertiary/aromatic N) is 4. The molecule has 2 aromatic carbocycles. The molecule has 0 fully saturated rings. The fourth-order valence-electron chi connectivity index (χ4n) is 4.40. The summed E-state index contributed by atoms with van der Waals surface area (Å²) in [5.41, 5.74) is 2.85. The molecule has 4 aromatic rings. The number of aromatic nitrogens is 4. The predicted molar refractivity (Wildman–Crippen MR) is 122 cm³/mol. The molecule has 0 saturated carbocycles. The number of anilines is 1. The van der Waals surface area contributed by atoms with Crippen LogP contribution >= 0.6 is 0 Å². The van der Waals surface area contributed by atoms with E-state index in [4.69, 9.17) is 4.98 Å². The van der Waals surface area contributed by atoms with Crippen LogP contribution in [0.15, 0.2) is 47.3 Å². The molecule has 0 spiro atoms. The molecule has 5 rings (SSSR count). The maximum atomic E-state index is 13.0. The molecular formula is C24H25N5O2. The minimum Gasteiger partial charge on any atom is -0.310 e. The zero-order chi connectivity index (χ0) is 21.4. The van der Waals surface area contributed by atoms with Crippen molar-refractivity contribution < 1.29 is 4.79 Å². The van der Waals surface area contributed by atoms with Gasteiger partial charge < -0.3 is 4.57 Å². The summed E-state index contributed by atoms with van der Waals surface area (Å²) in [4.78, 5) is 35.3. The predicted octanol–water partition coefficient (Wildman–Crippen LogP) is 4.13. The molecule has 7 nitrogen and oxygen atoms in total. The third kappa shape index (κ3) is 3.50. The van der Waals surface area contributed by atoms with E-state index >= 15 is 0 Å². The number of aryl methyl sites for hydroxylation is 2. The first kappa shape index (κ1) is 19.5. The number of nitrogens with one attached hydrogen (secondary N) is 1. The van der Waals surface area contributed by atoms with E-state index in [1.807, 2.05) is 40.3 Å². The maximum absolute atomic E-state index is 13.0. The van der Waals surface area contributed by atoms with Crippen LogP contribution in [0.3, 0.4) is 0 Å².